The molecule has 1 heterocycles. The molecule has 0 spiro atoms. The van der Waals surface area contributed by atoms with Crippen molar-refractivity contribution in [3.63, 3.8) is 0 Å². The van der Waals surface area contributed by atoms with Gasteiger partial charge in [0.2, 0.25) is 0 Å². The van der Waals surface area contributed by atoms with Gasteiger partial charge < -0.3 is 20.9 Å². The molecule has 5 nitrogen and oxygen atoms in total. The van der Waals surface area contributed by atoms with E-state index in [9.17, 15) is 0 Å². The zero-order chi connectivity index (χ0) is 18.5. The fourth-order valence-electron chi connectivity index (χ4n) is 3.27. The lowest BCUT2D eigenvalue weighted by Gasteiger charge is -2.35. The molecule has 1 aliphatic rings. The van der Waals surface area contributed by atoms with Crippen LogP contribution in [0.25, 0.3) is 0 Å². The van der Waals surface area contributed by atoms with Crippen LogP contribution in [0.2, 0.25) is 0 Å². The molecule has 0 radical (unpaired) electrons. The van der Waals surface area contributed by atoms with Gasteiger partial charge in [0.15, 0.2) is 0 Å². The van der Waals surface area contributed by atoms with Crippen LogP contribution in [0.15, 0.2) is 42.5 Å². The Bertz CT molecular complexity index is 712. The summed E-state index contributed by atoms with van der Waals surface area (Å²) in [5, 5.41) is 0. The van der Waals surface area contributed by atoms with E-state index in [1.54, 1.807) is 18.2 Å². The molecule has 0 bridgehead atoms. The molecule has 2 aromatic rings. The smallest absolute Gasteiger partial charge is 0.129 e. The number of piperidine rings is 1. The maximum absolute atomic E-state index is 6.14. The summed E-state index contributed by atoms with van der Waals surface area (Å²) in [7, 11) is 0. The van der Waals surface area contributed by atoms with Crippen molar-refractivity contribution in [3.8, 4) is 17.2 Å². The molecule has 0 saturated carbocycles. The van der Waals surface area contributed by atoms with Gasteiger partial charge >= 0.3 is 0 Å². The number of hydrogen-bond acceptors (Lipinski definition) is 5. The van der Waals surface area contributed by atoms with E-state index in [2.05, 4.69) is 18.7 Å². The molecule has 2 unspecified atom stereocenters. The number of rotatable bonds is 6. The average Bonchev–Trinajstić information content (AvgIpc) is 2.66. The lowest BCUT2D eigenvalue weighted by atomic mass is 10.1. The van der Waals surface area contributed by atoms with Crippen LogP contribution in [-0.4, -0.2) is 30.1 Å². The zero-order valence-electron chi connectivity index (χ0n) is 15.7. The Morgan fingerprint density at radius 1 is 0.808 bits per heavy atom. The van der Waals surface area contributed by atoms with Crippen molar-refractivity contribution in [1.29, 1.82) is 0 Å². The topological polar surface area (TPSA) is 73.7 Å². The van der Waals surface area contributed by atoms with Crippen molar-refractivity contribution in [3.05, 3.63) is 42.5 Å². The van der Waals surface area contributed by atoms with Crippen molar-refractivity contribution >= 4 is 11.4 Å². The van der Waals surface area contributed by atoms with Gasteiger partial charge in [-0.15, -0.1) is 0 Å². The van der Waals surface area contributed by atoms with Crippen molar-refractivity contribution < 1.29 is 9.47 Å². The van der Waals surface area contributed by atoms with Crippen LogP contribution in [0, 0.1) is 0 Å². The molecule has 2 atom stereocenters. The number of nitrogens with zero attached hydrogens (tertiary/aromatic N) is 1. The van der Waals surface area contributed by atoms with E-state index < -0.39 is 0 Å². The monoisotopic (exact) mass is 355 g/mol. The highest BCUT2D eigenvalue weighted by molar-refractivity contribution is 5.65. The van der Waals surface area contributed by atoms with Crippen molar-refractivity contribution in [2.24, 2.45) is 0 Å². The van der Waals surface area contributed by atoms with Gasteiger partial charge in [-0.3, -0.25) is 4.90 Å². The summed E-state index contributed by atoms with van der Waals surface area (Å²) in [5.41, 5.74) is 12.6. The summed E-state index contributed by atoms with van der Waals surface area (Å²) in [6.07, 6.45) is 4.06. The van der Waals surface area contributed by atoms with Crippen LogP contribution in [0.1, 0.15) is 33.1 Å². The zero-order valence-corrected chi connectivity index (χ0v) is 15.7. The molecule has 2 aromatic carbocycles. The van der Waals surface area contributed by atoms with Gasteiger partial charge in [-0.05, 0) is 76.2 Å². The Morgan fingerprint density at radius 3 is 2.08 bits per heavy atom. The first-order valence-corrected chi connectivity index (χ1v) is 9.36. The molecule has 3 rings (SSSR count). The number of nitrogen functional groups attached to an aromatic ring is 2. The van der Waals surface area contributed by atoms with E-state index in [0.29, 0.717) is 23.2 Å². The second-order valence-corrected chi connectivity index (χ2v) is 7.02. The summed E-state index contributed by atoms with van der Waals surface area (Å²) in [4.78, 5) is 2.52. The van der Waals surface area contributed by atoms with Crippen LogP contribution in [0.5, 0.6) is 17.2 Å². The Labute approximate surface area is 155 Å². The molecular weight excluding hydrogens is 326 g/mol. The highest BCUT2D eigenvalue weighted by atomic mass is 16.5. The first-order valence-electron chi connectivity index (χ1n) is 9.36. The minimum atomic E-state index is 0.136. The molecule has 140 valence electrons. The standard InChI is InChI=1S/C21H29N3O2/c1-15(24-12-4-3-5-13-24)16(2)25-17-6-8-18(9-7-17)26-19-10-11-20(22)21(23)14-19/h6-11,14-16H,3-5,12-13,22-23H2,1-2H3. The normalized spacial score (nSPS) is 17.5. The molecule has 5 heteroatoms. The van der Waals surface area contributed by atoms with Crippen molar-refractivity contribution in [1.82, 2.24) is 4.90 Å². The SMILES string of the molecule is CC(Oc1ccc(Oc2ccc(N)c(N)c2)cc1)C(C)N1CCCCC1. The molecule has 1 fully saturated rings. The predicted octanol–water partition coefficient (Wildman–Crippen LogP) is 4.29. The third-order valence-electron chi connectivity index (χ3n) is 5.09. The minimum Gasteiger partial charge on any atom is -0.489 e. The summed E-state index contributed by atoms with van der Waals surface area (Å²) in [6.45, 7) is 6.73. The van der Waals surface area contributed by atoms with E-state index in [1.165, 1.54) is 32.4 Å². The number of hydrogen-bond donors (Lipinski definition) is 2. The molecule has 1 saturated heterocycles. The average molecular weight is 355 g/mol. The van der Waals surface area contributed by atoms with Gasteiger partial charge in [-0.1, -0.05) is 6.42 Å². The van der Waals surface area contributed by atoms with E-state index in [-0.39, 0.29) is 6.10 Å². The first kappa shape index (κ1) is 18.4. The Balaban J connectivity index is 1.57. The summed E-state index contributed by atoms with van der Waals surface area (Å²) in [5.74, 6) is 2.25. The van der Waals surface area contributed by atoms with Crippen molar-refractivity contribution in [2.75, 3.05) is 24.6 Å². The number of benzene rings is 2. The molecule has 0 aromatic heterocycles. The van der Waals surface area contributed by atoms with Crippen LogP contribution >= 0.6 is 0 Å². The second kappa shape index (κ2) is 8.32. The maximum Gasteiger partial charge on any atom is 0.129 e. The van der Waals surface area contributed by atoms with E-state index in [1.807, 2.05) is 24.3 Å². The Hall–Kier alpha value is -2.40. The van der Waals surface area contributed by atoms with Gasteiger partial charge in [-0.2, -0.15) is 0 Å². The van der Waals surface area contributed by atoms with E-state index in [0.717, 1.165) is 11.5 Å². The Morgan fingerprint density at radius 2 is 1.42 bits per heavy atom. The molecule has 26 heavy (non-hydrogen) atoms. The van der Waals surface area contributed by atoms with E-state index in [4.69, 9.17) is 20.9 Å². The van der Waals surface area contributed by atoms with E-state index >= 15 is 0 Å². The van der Waals surface area contributed by atoms with Gasteiger partial charge in [0.05, 0.1) is 11.4 Å². The van der Waals surface area contributed by atoms with Gasteiger partial charge in [0.1, 0.15) is 23.4 Å². The third-order valence-corrected chi connectivity index (χ3v) is 5.09. The summed E-state index contributed by atoms with van der Waals surface area (Å²) < 4.78 is 12.0. The summed E-state index contributed by atoms with van der Waals surface area (Å²) >= 11 is 0. The highest BCUT2D eigenvalue weighted by Gasteiger charge is 2.23. The van der Waals surface area contributed by atoms with Crippen LogP contribution in [0.3, 0.4) is 0 Å². The van der Waals surface area contributed by atoms with Gasteiger partial charge in [0, 0.05) is 12.1 Å². The fourth-order valence-corrected chi connectivity index (χ4v) is 3.27. The second-order valence-electron chi connectivity index (χ2n) is 7.02. The van der Waals surface area contributed by atoms with Gasteiger partial charge in [0.25, 0.3) is 0 Å². The molecule has 1 aliphatic heterocycles. The lowest BCUT2D eigenvalue weighted by Crippen LogP contribution is -2.45. The molecular formula is C21H29N3O2. The molecule has 0 aliphatic carbocycles. The number of likely N-dealkylation sites (tertiary alicyclic amines) is 1. The van der Waals surface area contributed by atoms with Gasteiger partial charge in [-0.25, -0.2) is 0 Å². The summed E-state index contributed by atoms with van der Waals surface area (Å²) in [6, 6.07) is 13.4. The third kappa shape index (κ3) is 4.61. The lowest BCUT2D eigenvalue weighted by molar-refractivity contribution is 0.0739. The van der Waals surface area contributed by atoms with Crippen LogP contribution in [0.4, 0.5) is 11.4 Å². The molecule has 0 amide bonds. The number of nitrogens with two attached hydrogens (primary N) is 2. The quantitative estimate of drug-likeness (QED) is 0.756. The predicted molar refractivity (Wildman–Crippen MR) is 107 cm³/mol. The molecule has 4 N–H and O–H groups in total. The Kier molecular flexibility index (Phi) is 5.89. The number of ether oxygens (including phenoxy) is 2. The highest BCUT2D eigenvalue weighted by Crippen LogP contribution is 2.28. The largest absolute Gasteiger partial charge is 0.489 e. The van der Waals surface area contributed by atoms with Crippen LogP contribution in [-0.2, 0) is 0 Å². The number of anilines is 2. The minimum absolute atomic E-state index is 0.136. The fraction of sp³-hybridized carbons (Fsp3) is 0.429. The first-order chi connectivity index (χ1) is 12.5. The van der Waals surface area contributed by atoms with Crippen molar-refractivity contribution in [2.45, 2.75) is 45.3 Å². The maximum atomic E-state index is 6.14. The van der Waals surface area contributed by atoms with Crippen LogP contribution < -0.4 is 20.9 Å².